The van der Waals surface area contributed by atoms with Crippen LogP contribution in [0.15, 0.2) is 36.4 Å². The molecule has 2 rings (SSSR count). The lowest BCUT2D eigenvalue weighted by atomic mass is 10.2. The van der Waals surface area contributed by atoms with Crippen molar-refractivity contribution in [2.75, 3.05) is 0 Å². The van der Waals surface area contributed by atoms with Crippen LogP contribution in [0.5, 0.6) is 0 Å². The highest BCUT2D eigenvalue weighted by Crippen LogP contribution is 2.07. The molecule has 0 aliphatic rings. The summed E-state index contributed by atoms with van der Waals surface area (Å²) in [5, 5.41) is 0. The van der Waals surface area contributed by atoms with E-state index in [1.165, 1.54) is 12.1 Å². The maximum absolute atomic E-state index is 12.6. The highest BCUT2D eigenvalue weighted by molar-refractivity contribution is 5.21. The van der Waals surface area contributed by atoms with Gasteiger partial charge in [-0.25, -0.2) is 13.2 Å². The summed E-state index contributed by atoms with van der Waals surface area (Å²) in [7, 11) is 0. The molecule has 0 aromatic heterocycles. The van der Waals surface area contributed by atoms with Crippen molar-refractivity contribution in [1.29, 1.82) is 0 Å². The Morgan fingerprint density at radius 3 is 1.50 bits per heavy atom. The fourth-order valence-corrected chi connectivity index (χ4v) is 1.30. The van der Waals surface area contributed by atoms with E-state index in [0.717, 1.165) is 23.3 Å². The first kappa shape index (κ1) is 14.3. The summed E-state index contributed by atoms with van der Waals surface area (Å²) in [5.41, 5.74) is 2.41. The van der Waals surface area contributed by atoms with Gasteiger partial charge in [-0.05, 0) is 55.7 Å². The summed E-state index contributed by atoms with van der Waals surface area (Å²) in [6.07, 6.45) is 0. The maximum Gasteiger partial charge on any atom is 0.159 e. The minimum atomic E-state index is -0.791. The van der Waals surface area contributed by atoms with Crippen LogP contribution in [0.4, 0.5) is 13.2 Å². The molecular weight excluding hydrogens is 237 g/mol. The minimum absolute atomic E-state index is 0.116. The van der Waals surface area contributed by atoms with Gasteiger partial charge in [0.25, 0.3) is 0 Å². The predicted molar refractivity (Wildman–Crippen MR) is 67.0 cm³/mol. The Labute approximate surface area is 105 Å². The highest BCUT2D eigenvalue weighted by atomic mass is 19.2. The Morgan fingerprint density at radius 2 is 1.11 bits per heavy atom. The highest BCUT2D eigenvalue weighted by Gasteiger charge is 1.97. The van der Waals surface area contributed by atoms with Gasteiger partial charge in [0.2, 0.25) is 0 Å². The number of hydrogen-bond acceptors (Lipinski definition) is 0. The number of hydrogen-bond donors (Lipinski definition) is 0. The molecule has 0 amide bonds. The second-order valence-corrected chi connectivity index (χ2v) is 4.17. The van der Waals surface area contributed by atoms with Gasteiger partial charge in [0.1, 0.15) is 5.82 Å². The van der Waals surface area contributed by atoms with E-state index >= 15 is 0 Å². The summed E-state index contributed by atoms with van der Waals surface area (Å²) in [5.74, 6) is -1.69. The predicted octanol–water partition coefficient (Wildman–Crippen LogP) is 4.72. The monoisotopic (exact) mass is 252 g/mol. The third-order valence-corrected chi connectivity index (χ3v) is 2.40. The molecule has 0 aliphatic carbocycles. The lowest BCUT2D eigenvalue weighted by molar-refractivity contribution is 0.508. The topological polar surface area (TPSA) is 0 Å². The van der Waals surface area contributed by atoms with Crippen LogP contribution in [0, 0.1) is 38.2 Å². The number of aryl methyl sites for hydroxylation is 3. The first-order chi connectivity index (χ1) is 8.40. The molecule has 96 valence electrons. The zero-order chi connectivity index (χ0) is 13.7. The maximum atomic E-state index is 12.6. The van der Waals surface area contributed by atoms with Gasteiger partial charge < -0.3 is 0 Å². The zero-order valence-electron chi connectivity index (χ0n) is 10.6. The molecule has 0 saturated heterocycles. The standard InChI is InChI=1S/C8H9F.C7H6F2/c1-6-3-4-7(2)8(9)5-6;1-5-2-3-6(8)7(9)4-5/h3-5H,1-2H3;2-4H,1H3. The van der Waals surface area contributed by atoms with Crippen LogP contribution in [0.1, 0.15) is 16.7 Å². The number of halogens is 3. The molecule has 0 N–H and O–H groups in total. The Balaban J connectivity index is 0.000000180. The van der Waals surface area contributed by atoms with Gasteiger partial charge in [-0.1, -0.05) is 18.2 Å². The van der Waals surface area contributed by atoms with Crippen molar-refractivity contribution in [3.05, 3.63) is 70.5 Å². The Morgan fingerprint density at radius 1 is 0.611 bits per heavy atom. The quantitative estimate of drug-likeness (QED) is 0.636. The second-order valence-electron chi connectivity index (χ2n) is 4.17. The van der Waals surface area contributed by atoms with E-state index in [1.807, 2.05) is 13.0 Å². The minimum Gasteiger partial charge on any atom is -0.207 e. The number of rotatable bonds is 0. The lowest BCUT2D eigenvalue weighted by Gasteiger charge is -1.94. The largest absolute Gasteiger partial charge is 0.207 e. The number of benzene rings is 2. The van der Waals surface area contributed by atoms with E-state index in [4.69, 9.17) is 0 Å². The zero-order valence-corrected chi connectivity index (χ0v) is 10.6. The van der Waals surface area contributed by atoms with Crippen LogP contribution in [-0.2, 0) is 0 Å². The molecule has 0 unspecified atom stereocenters. The Kier molecular flexibility index (Phi) is 4.95. The summed E-state index contributed by atoms with van der Waals surface area (Å²) in [6.45, 7) is 5.35. The van der Waals surface area contributed by atoms with Crippen molar-refractivity contribution in [1.82, 2.24) is 0 Å². The van der Waals surface area contributed by atoms with E-state index in [2.05, 4.69) is 0 Å². The van der Waals surface area contributed by atoms with Crippen LogP contribution in [-0.4, -0.2) is 0 Å². The molecule has 0 nitrogen and oxygen atoms in total. The molecule has 0 aliphatic heterocycles. The molecule has 0 heterocycles. The smallest absolute Gasteiger partial charge is 0.159 e. The summed E-state index contributed by atoms with van der Waals surface area (Å²) in [4.78, 5) is 0. The van der Waals surface area contributed by atoms with Crippen LogP contribution in [0.3, 0.4) is 0 Å². The van der Waals surface area contributed by atoms with Crippen molar-refractivity contribution in [2.24, 2.45) is 0 Å². The Bertz CT molecular complexity index is 484. The molecule has 0 radical (unpaired) electrons. The van der Waals surface area contributed by atoms with Gasteiger partial charge in [0.15, 0.2) is 11.6 Å². The van der Waals surface area contributed by atoms with Crippen molar-refractivity contribution < 1.29 is 13.2 Å². The van der Waals surface area contributed by atoms with Crippen LogP contribution >= 0.6 is 0 Å². The van der Waals surface area contributed by atoms with Gasteiger partial charge >= 0.3 is 0 Å². The van der Waals surface area contributed by atoms with E-state index in [9.17, 15) is 13.2 Å². The molecule has 3 heteroatoms. The van der Waals surface area contributed by atoms with Crippen LogP contribution in [0.2, 0.25) is 0 Å². The van der Waals surface area contributed by atoms with Crippen LogP contribution in [0.25, 0.3) is 0 Å². The molecule has 18 heavy (non-hydrogen) atoms. The first-order valence-corrected chi connectivity index (χ1v) is 5.54. The summed E-state index contributed by atoms with van der Waals surface area (Å²) < 4.78 is 36.9. The van der Waals surface area contributed by atoms with E-state index < -0.39 is 11.6 Å². The second kappa shape index (κ2) is 6.24. The van der Waals surface area contributed by atoms with Gasteiger partial charge in [-0.3, -0.25) is 0 Å². The third-order valence-electron chi connectivity index (χ3n) is 2.40. The first-order valence-electron chi connectivity index (χ1n) is 5.54. The average molecular weight is 252 g/mol. The molecule has 2 aromatic carbocycles. The van der Waals surface area contributed by atoms with Gasteiger partial charge in [0, 0.05) is 0 Å². The SMILES string of the molecule is Cc1ccc(C)c(F)c1.Cc1ccc(F)c(F)c1. The van der Waals surface area contributed by atoms with Crippen molar-refractivity contribution in [3.8, 4) is 0 Å². The molecule has 2 aromatic rings. The summed E-state index contributed by atoms with van der Waals surface area (Å²) in [6, 6.07) is 9.02. The van der Waals surface area contributed by atoms with E-state index in [-0.39, 0.29) is 5.82 Å². The molecule has 0 bridgehead atoms. The van der Waals surface area contributed by atoms with Gasteiger partial charge in [-0.2, -0.15) is 0 Å². The lowest BCUT2D eigenvalue weighted by Crippen LogP contribution is -1.82. The van der Waals surface area contributed by atoms with Crippen molar-refractivity contribution in [2.45, 2.75) is 20.8 Å². The van der Waals surface area contributed by atoms with Crippen molar-refractivity contribution in [3.63, 3.8) is 0 Å². The Hall–Kier alpha value is -1.77. The van der Waals surface area contributed by atoms with Crippen molar-refractivity contribution >= 4 is 0 Å². The average Bonchev–Trinajstić information content (AvgIpc) is 2.30. The molecule has 0 spiro atoms. The normalized spacial score (nSPS) is 9.67. The summed E-state index contributed by atoms with van der Waals surface area (Å²) >= 11 is 0. The van der Waals surface area contributed by atoms with Gasteiger partial charge in [-0.15, -0.1) is 0 Å². The fourth-order valence-electron chi connectivity index (χ4n) is 1.30. The van der Waals surface area contributed by atoms with E-state index in [1.54, 1.807) is 19.9 Å². The fraction of sp³-hybridized carbons (Fsp3) is 0.200. The third kappa shape index (κ3) is 4.24. The molecule has 0 saturated carbocycles. The molecular formula is C15H15F3. The molecule has 0 atom stereocenters. The molecule has 0 fully saturated rings. The van der Waals surface area contributed by atoms with E-state index in [0.29, 0.717) is 5.56 Å². The van der Waals surface area contributed by atoms with Crippen LogP contribution < -0.4 is 0 Å². The van der Waals surface area contributed by atoms with Gasteiger partial charge in [0.05, 0.1) is 0 Å².